The molecule has 27 heteroatoms. The molecule has 0 unspecified atom stereocenters. The molecule has 0 aliphatic carbocycles. The Morgan fingerprint density at radius 2 is 0.420 bits per heavy atom. The molecule has 11 rings (SSSR count). The van der Waals surface area contributed by atoms with Gasteiger partial charge in [-0.25, -0.2) is 79.0 Å². The maximum Gasteiger partial charge on any atom is 0.171 e. The second-order valence-electron chi connectivity index (χ2n) is 45.6. The Morgan fingerprint density at radius 1 is 0.189 bits per heavy atom. The summed E-state index contributed by atoms with van der Waals surface area (Å²) >= 11 is 47.7. The number of benzene rings is 11. The zero-order valence-corrected chi connectivity index (χ0v) is 95.6. The lowest BCUT2D eigenvalue weighted by molar-refractivity contribution is 0.371. The summed E-state index contributed by atoms with van der Waals surface area (Å²) in [5, 5.41) is 4.61. The van der Waals surface area contributed by atoms with Gasteiger partial charge in [-0.05, 0) is 248 Å². The van der Waals surface area contributed by atoms with Crippen molar-refractivity contribution in [3.8, 4) is 5.75 Å². The lowest BCUT2D eigenvalue weighted by Crippen LogP contribution is -2.17. The van der Waals surface area contributed by atoms with E-state index < -0.39 is 148 Å². The van der Waals surface area contributed by atoms with Crippen LogP contribution in [0.5, 0.6) is 5.75 Å². The van der Waals surface area contributed by atoms with Gasteiger partial charge in [0.2, 0.25) is 0 Å². The number of methoxy groups -OCH3 is 1. The van der Waals surface area contributed by atoms with Crippen molar-refractivity contribution >= 4 is 92.8 Å². The summed E-state index contributed by atoms with van der Waals surface area (Å²) in [4.78, 5) is 0. The molecule has 11 aromatic rings. The highest BCUT2D eigenvalue weighted by atomic mass is 35.5. The second kappa shape index (κ2) is 53.4. The average molecular weight is 2180 g/mol. The van der Waals surface area contributed by atoms with E-state index in [0.29, 0.717) is 28.8 Å². The minimum atomic E-state index is -1.09. The van der Waals surface area contributed by atoms with Crippen molar-refractivity contribution in [3.63, 3.8) is 0 Å². The standard InChI is InChI=1S/2C11H14Cl2.C11H14F2O.3C11H14F2.C10H12Cl2.2C10H11ClF2.2C10H11F3/c1-7-5-8(12)10(9(13)6-7)11(2,3)4;1-7-5-6-8(12)9(10(7)13)11(2,3)4;1-11(2,3)9-7(12)5-6-8(14-4)10(9)13;2*1-7-5-8(12)10(9(13)6-7)11(2,3)4;1-7-5-6-8(12)9(10(7)13)11(2,3)4;1-10(2,3)9-7(11)5-4-6-8(9)12;1-10(2,3)9-7(12)4-6(11)5-8(9)13;1-10(2,3)8-7(12)5-4-6(11)9(8)13;1-10(2,3)9-7(12)4-6(11)5-8(9)13;1-10(2,3)8-6(11)4-5-7(12)9(8)13/h2*5-6H,1-4H3;5-6H,1-4H3;3*5-6H,1-4H3;4-6H,1-3H3;4*4-5H,1-3H3. The highest BCUT2D eigenvalue weighted by Gasteiger charge is 2.33. The summed E-state index contributed by atoms with van der Waals surface area (Å²) in [6.07, 6.45) is 0. The molecule has 0 atom stereocenters. The molecule has 0 N–H and O–H groups in total. The summed E-state index contributed by atoms with van der Waals surface area (Å²) < 4.78 is 243. The first kappa shape index (κ1) is 133. The summed E-state index contributed by atoms with van der Waals surface area (Å²) in [5.41, 5.74) is 2.90. The Hall–Kier alpha value is -7.72. The first-order valence-electron chi connectivity index (χ1n) is 45.6. The molecular formula is C116H140Cl8F18O. The van der Waals surface area contributed by atoms with E-state index in [0.717, 1.165) is 82.2 Å². The molecular weight excluding hydrogens is 2030 g/mol. The molecule has 0 amide bonds. The molecule has 0 radical (unpaired) electrons. The minimum Gasteiger partial charge on any atom is -0.494 e. The van der Waals surface area contributed by atoms with Gasteiger partial charge in [0.1, 0.15) is 87.3 Å². The van der Waals surface area contributed by atoms with Crippen molar-refractivity contribution < 1.29 is 83.8 Å². The largest absolute Gasteiger partial charge is 0.494 e. The molecule has 0 saturated carbocycles. The molecule has 0 heterocycles. The summed E-state index contributed by atoms with van der Waals surface area (Å²) in [5.74, 6) is -11.5. The zero-order chi connectivity index (χ0) is 112. The lowest BCUT2D eigenvalue weighted by Gasteiger charge is -2.23. The molecule has 143 heavy (non-hydrogen) atoms. The number of hydrogen-bond acceptors (Lipinski definition) is 1. The number of ether oxygens (including phenoxy) is 1. The van der Waals surface area contributed by atoms with E-state index in [9.17, 15) is 79.0 Å². The first-order chi connectivity index (χ1) is 64.3. The summed E-state index contributed by atoms with van der Waals surface area (Å²) in [6.45, 7) is 69.8. The molecule has 0 aliphatic rings. The van der Waals surface area contributed by atoms with Crippen LogP contribution in [-0.4, -0.2) is 7.11 Å². The van der Waals surface area contributed by atoms with E-state index >= 15 is 0 Å². The fourth-order valence-electron chi connectivity index (χ4n) is 14.5. The van der Waals surface area contributed by atoms with Crippen LogP contribution in [0.1, 0.15) is 317 Å². The highest BCUT2D eigenvalue weighted by Crippen LogP contribution is 2.43. The Bertz CT molecular complexity index is 5310. The van der Waals surface area contributed by atoms with E-state index in [2.05, 4.69) is 62.3 Å². The minimum absolute atomic E-state index is 0.000185. The molecule has 0 spiro atoms. The normalized spacial score (nSPS) is 11.8. The Balaban J connectivity index is 0.000000787. The van der Waals surface area contributed by atoms with Gasteiger partial charge in [-0.2, -0.15) is 0 Å². The fourth-order valence-corrected chi connectivity index (χ4v) is 17.9. The van der Waals surface area contributed by atoms with Crippen molar-refractivity contribution in [1.29, 1.82) is 0 Å². The van der Waals surface area contributed by atoms with E-state index in [-0.39, 0.29) is 76.5 Å². The molecule has 792 valence electrons. The van der Waals surface area contributed by atoms with Crippen molar-refractivity contribution in [2.75, 3.05) is 7.11 Å². The van der Waals surface area contributed by atoms with Crippen molar-refractivity contribution in [1.82, 2.24) is 0 Å². The lowest BCUT2D eigenvalue weighted by atomic mass is 9.85. The Morgan fingerprint density at radius 3 is 0.699 bits per heavy atom. The van der Waals surface area contributed by atoms with Gasteiger partial charge in [0.05, 0.1) is 12.1 Å². The van der Waals surface area contributed by atoms with Crippen LogP contribution in [-0.2, 0) is 59.6 Å². The molecule has 0 bridgehead atoms. The highest BCUT2D eigenvalue weighted by molar-refractivity contribution is 6.37. The zero-order valence-electron chi connectivity index (χ0n) is 89.5. The number of hydrogen-bond donors (Lipinski definition) is 0. The second-order valence-corrected chi connectivity index (χ2v) is 48.9. The van der Waals surface area contributed by atoms with Crippen LogP contribution in [0.4, 0.5) is 79.0 Å². The number of aryl methyl sites for hydroxylation is 5. The van der Waals surface area contributed by atoms with Gasteiger partial charge in [-0.15, -0.1) is 0 Å². The third kappa shape index (κ3) is 41.0. The van der Waals surface area contributed by atoms with E-state index in [4.69, 9.17) is 97.5 Å². The van der Waals surface area contributed by atoms with Crippen LogP contribution in [0.3, 0.4) is 0 Å². The van der Waals surface area contributed by atoms with Gasteiger partial charge in [-0.3, -0.25) is 0 Å². The summed E-state index contributed by atoms with van der Waals surface area (Å²) in [7, 11) is 1.36. The molecule has 0 aliphatic heterocycles. The van der Waals surface area contributed by atoms with E-state index in [1.54, 1.807) is 187 Å². The molecule has 0 saturated heterocycles. The van der Waals surface area contributed by atoms with Crippen LogP contribution < -0.4 is 4.74 Å². The van der Waals surface area contributed by atoms with Gasteiger partial charge in [0.25, 0.3) is 0 Å². The summed E-state index contributed by atoms with van der Waals surface area (Å²) in [6, 6.07) is 31.9. The van der Waals surface area contributed by atoms with Crippen LogP contribution >= 0.6 is 92.8 Å². The van der Waals surface area contributed by atoms with Crippen LogP contribution in [0, 0.1) is 139 Å². The number of halogens is 26. The third-order valence-electron chi connectivity index (χ3n) is 20.7. The predicted octanol–water partition coefficient (Wildman–Crippen LogP) is 42.1. The van der Waals surface area contributed by atoms with Gasteiger partial charge < -0.3 is 4.74 Å². The molecule has 0 fully saturated rings. The molecule has 11 aromatic carbocycles. The van der Waals surface area contributed by atoms with Crippen molar-refractivity contribution in [2.24, 2.45) is 0 Å². The van der Waals surface area contributed by atoms with Gasteiger partial charge >= 0.3 is 0 Å². The van der Waals surface area contributed by atoms with Gasteiger partial charge in [-0.1, -0.05) is 339 Å². The van der Waals surface area contributed by atoms with Gasteiger partial charge in [0, 0.05) is 91.8 Å². The fraction of sp³-hybridized carbons (Fsp3) is 0.431. The SMILES string of the molecule is CC(C)(C)c1c(Cl)cccc1Cl.CC(C)(C)c1c(F)cc(Cl)cc1F.CC(C)(C)c1c(F)cc(F)cc1F.CC(C)(C)c1c(F)ccc(Cl)c1F.CC(C)(C)c1c(F)ccc(F)c1F.COc1ccc(F)c(C(C)(C)C)c1F.Cc1cc(Cl)c(C(C)(C)C)c(Cl)c1.Cc1cc(F)c(C(C)(C)C)c(F)c1.Cc1cc(F)c(C(C)(C)C)c(F)c1.Cc1ccc(Cl)c(C(C)(C)C)c1Cl.Cc1ccc(F)c(C(C)(C)C)c1F. The molecule has 0 aromatic heterocycles. The third-order valence-corrected chi connectivity index (χ3v) is 23.3. The predicted molar refractivity (Wildman–Crippen MR) is 566 cm³/mol. The van der Waals surface area contributed by atoms with E-state index in [1.165, 1.54) is 67.8 Å². The first-order valence-corrected chi connectivity index (χ1v) is 48.6. The topological polar surface area (TPSA) is 9.23 Å². The van der Waals surface area contributed by atoms with Gasteiger partial charge in [0.15, 0.2) is 23.2 Å². The quantitative estimate of drug-likeness (QED) is 0.118. The van der Waals surface area contributed by atoms with Crippen molar-refractivity contribution in [2.45, 2.75) is 323 Å². The average Bonchev–Trinajstić information content (AvgIpc) is 0.796. The maximum atomic E-state index is 13.7. The number of rotatable bonds is 1. The van der Waals surface area contributed by atoms with E-state index in [1.807, 2.05) is 56.3 Å². The van der Waals surface area contributed by atoms with Crippen molar-refractivity contribution in [3.05, 3.63) is 373 Å². The van der Waals surface area contributed by atoms with Crippen LogP contribution in [0.2, 0.25) is 40.2 Å². The Labute approximate surface area is 879 Å². The molecule has 1 nitrogen and oxygen atoms in total. The Kier molecular flexibility index (Phi) is 49.8. The smallest absolute Gasteiger partial charge is 0.171 e. The van der Waals surface area contributed by atoms with Crippen LogP contribution in [0.25, 0.3) is 0 Å². The van der Waals surface area contributed by atoms with Crippen LogP contribution in [0.15, 0.2) is 140 Å². The monoisotopic (exact) mass is 2170 g/mol. The maximum absolute atomic E-state index is 13.7.